The summed E-state index contributed by atoms with van der Waals surface area (Å²) in [6.45, 7) is 0.433. The van der Waals surface area contributed by atoms with Crippen LogP contribution < -0.4 is 21.9 Å². The van der Waals surface area contributed by atoms with Gasteiger partial charge in [0.25, 0.3) is 5.91 Å². The second-order valence-corrected chi connectivity index (χ2v) is 7.38. The molecule has 0 radical (unpaired) electrons. The standard InChI is InChI=1S/C25H22N4O4/c30-23(27-16-17-7-3-1-4-8-17)21-22(28-25(32)29(33)24(21)31)26-15-18-11-13-20(14-12-18)19-9-5-2-6-10-19/h1-14,26,33H,15-16H2,(H,27,30)(H,28,32). The normalized spacial score (nSPS) is 10.5. The summed E-state index contributed by atoms with van der Waals surface area (Å²) in [5.74, 6) is -0.780. The molecule has 0 spiro atoms. The van der Waals surface area contributed by atoms with Gasteiger partial charge in [-0.2, -0.15) is 0 Å². The van der Waals surface area contributed by atoms with Crippen molar-refractivity contribution in [3.63, 3.8) is 0 Å². The number of rotatable bonds is 7. The van der Waals surface area contributed by atoms with E-state index >= 15 is 0 Å². The van der Waals surface area contributed by atoms with E-state index in [9.17, 15) is 19.6 Å². The van der Waals surface area contributed by atoms with Crippen LogP contribution in [0.5, 0.6) is 0 Å². The summed E-state index contributed by atoms with van der Waals surface area (Å²) in [5.41, 5.74) is 1.33. The molecular formula is C25H22N4O4. The minimum atomic E-state index is -1.11. The number of carbonyl (C=O) groups is 1. The average Bonchev–Trinajstić information content (AvgIpc) is 2.86. The Morgan fingerprint density at radius 2 is 1.36 bits per heavy atom. The number of nitrogens with zero attached hydrogens (tertiary/aromatic N) is 1. The van der Waals surface area contributed by atoms with Gasteiger partial charge >= 0.3 is 11.2 Å². The van der Waals surface area contributed by atoms with Crippen molar-refractivity contribution >= 4 is 11.7 Å². The molecule has 1 aromatic heterocycles. The van der Waals surface area contributed by atoms with Crippen LogP contribution in [0.4, 0.5) is 5.82 Å². The first-order valence-electron chi connectivity index (χ1n) is 10.3. The molecule has 166 valence electrons. The van der Waals surface area contributed by atoms with E-state index in [1.807, 2.05) is 84.9 Å². The molecule has 0 aliphatic carbocycles. The van der Waals surface area contributed by atoms with Crippen LogP contribution in [0.1, 0.15) is 21.5 Å². The number of nitrogens with one attached hydrogen (secondary N) is 3. The highest BCUT2D eigenvalue weighted by Crippen LogP contribution is 2.19. The third kappa shape index (κ3) is 5.01. The fourth-order valence-corrected chi connectivity index (χ4v) is 3.37. The van der Waals surface area contributed by atoms with Gasteiger partial charge in [0.05, 0.1) is 0 Å². The number of hydrogen-bond donors (Lipinski definition) is 4. The van der Waals surface area contributed by atoms with E-state index in [4.69, 9.17) is 0 Å². The van der Waals surface area contributed by atoms with Crippen molar-refractivity contribution in [2.45, 2.75) is 13.1 Å². The van der Waals surface area contributed by atoms with Crippen LogP contribution in [0.2, 0.25) is 0 Å². The predicted octanol–water partition coefficient (Wildman–Crippen LogP) is 2.98. The molecule has 8 heteroatoms. The van der Waals surface area contributed by atoms with Crippen LogP contribution in [-0.4, -0.2) is 20.8 Å². The fraction of sp³-hybridized carbons (Fsp3) is 0.0800. The number of benzene rings is 3. The number of anilines is 1. The smallest absolute Gasteiger partial charge is 0.363 e. The summed E-state index contributed by atoms with van der Waals surface area (Å²) in [4.78, 5) is 39.5. The molecule has 0 aliphatic heterocycles. The van der Waals surface area contributed by atoms with Gasteiger partial charge in [-0.3, -0.25) is 14.6 Å². The molecule has 4 aromatic rings. The molecule has 0 unspecified atom stereocenters. The van der Waals surface area contributed by atoms with Crippen LogP contribution in [0.15, 0.2) is 94.5 Å². The Morgan fingerprint density at radius 1 is 0.788 bits per heavy atom. The molecule has 0 aliphatic rings. The van der Waals surface area contributed by atoms with Gasteiger partial charge in [-0.05, 0) is 22.3 Å². The average molecular weight is 442 g/mol. The van der Waals surface area contributed by atoms with Crippen LogP contribution in [0, 0.1) is 0 Å². The number of aromatic nitrogens is 2. The van der Waals surface area contributed by atoms with Crippen LogP contribution in [0.3, 0.4) is 0 Å². The van der Waals surface area contributed by atoms with Crippen molar-refractivity contribution in [1.29, 1.82) is 0 Å². The first-order valence-corrected chi connectivity index (χ1v) is 10.3. The van der Waals surface area contributed by atoms with Crippen molar-refractivity contribution in [2.24, 2.45) is 0 Å². The lowest BCUT2D eigenvalue weighted by molar-refractivity contribution is 0.0940. The molecule has 8 nitrogen and oxygen atoms in total. The molecule has 0 fully saturated rings. The molecule has 0 saturated heterocycles. The van der Waals surface area contributed by atoms with Gasteiger partial charge in [0, 0.05) is 13.1 Å². The Labute approximate surface area is 189 Å². The summed E-state index contributed by atoms with van der Waals surface area (Å²) in [7, 11) is 0. The molecule has 1 heterocycles. The third-order valence-electron chi connectivity index (χ3n) is 5.13. The molecule has 4 N–H and O–H groups in total. The first-order chi connectivity index (χ1) is 16.0. The highest BCUT2D eigenvalue weighted by atomic mass is 16.5. The second kappa shape index (κ2) is 9.69. The zero-order valence-corrected chi connectivity index (χ0v) is 17.6. The maximum Gasteiger partial charge on any atom is 0.363 e. The van der Waals surface area contributed by atoms with Crippen LogP contribution >= 0.6 is 0 Å². The summed E-state index contributed by atoms with van der Waals surface area (Å²) in [6, 6.07) is 26.9. The van der Waals surface area contributed by atoms with Gasteiger partial charge in [-0.15, -0.1) is 0 Å². The van der Waals surface area contributed by atoms with E-state index in [-0.39, 0.29) is 29.2 Å². The second-order valence-electron chi connectivity index (χ2n) is 7.38. The van der Waals surface area contributed by atoms with Crippen molar-refractivity contribution in [3.8, 4) is 11.1 Å². The maximum absolute atomic E-state index is 12.7. The van der Waals surface area contributed by atoms with E-state index in [0.717, 1.165) is 22.3 Å². The zero-order valence-electron chi connectivity index (χ0n) is 17.6. The van der Waals surface area contributed by atoms with Gasteiger partial charge in [0.15, 0.2) is 0 Å². The Hall–Kier alpha value is -4.59. The minimum Gasteiger partial charge on any atom is -0.421 e. The maximum atomic E-state index is 12.7. The van der Waals surface area contributed by atoms with Gasteiger partial charge < -0.3 is 15.8 Å². The summed E-state index contributed by atoms with van der Waals surface area (Å²) < 4.78 is -0.114. The lowest BCUT2D eigenvalue weighted by Crippen LogP contribution is -2.41. The zero-order chi connectivity index (χ0) is 23.2. The Balaban J connectivity index is 1.53. The summed E-state index contributed by atoms with van der Waals surface area (Å²) in [6.07, 6.45) is 0. The van der Waals surface area contributed by atoms with E-state index < -0.39 is 17.2 Å². The van der Waals surface area contributed by atoms with E-state index in [2.05, 4.69) is 15.6 Å². The van der Waals surface area contributed by atoms with Crippen molar-refractivity contribution in [2.75, 3.05) is 5.32 Å². The molecule has 0 bridgehead atoms. The highest BCUT2D eigenvalue weighted by Gasteiger charge is 2.20. The lowest BCUT2D eigenvalue weighted by atomic mass is 10.0. The van der Waals surface area contributed by atoms with Gasteiger partial charge in [-0.25, -0.2) is 4.79 Å². The molecular weight excluding hydrogens is 420 g/mol. The number of aromatic amines is 1. The number of H-pyrrole nitrogens is 1. The number of amides is 1. The van der Waals surface area contributed by atoms with Crippen molar-refractivity contribution < 1.29 is 10.0 Å². The van der Waals surface area contributed by atoms with Gasteiger partial charge in [0.2, 0.25) is 0 Å². The Morgan fingerprint density at radius 3 is 2.03 bits per heavy atom. The van der Waals surface area contributed by atoms with Crippen LogP contribution in [-0.2, 0) is 13.1 Å². The molecule has 3 aromatic carbocycles. The third-order valence-corrected chi connectivity index (χ3v) is 5.13. The largest absolute Gasteiger partial charge is 0.421 e. The fourth-order valence-electron chi connectivity index (χ4n) is 3.37. The molecule has 0 saturated carbocycles. The van der Waals surface area contributed by atoms with E-state index in [0.29, 0.717) is 0 Å². The molecule has 1 amide bonds. The van der Waals surface area contributed by atoms with Crippen molar-refractivity contribution in [1.82, 2.24) is 15.0 Å². The quantitative estimate of drug-likeness (QED) is 0.329. The topological polar surface area (TPSA) is 116 Å². The lowest BCUT2D eigenvalue weighted by Gasteiger charge is -2.12. The Kier molecular flexibility index (Phi) is 6.36. The minimum absolute atomic E-state index is 0.0620. The van der Waals surface area contributed by atoms with E-state index in [1.165, 1.54) is 0 Å². The number of hydrogen-bond acceptors (Lipinski definition) is 5. The highest BCUT2D eigenvalue weighted by molar-refractivity contribution is 5.98. The summed E-state index contributed by atoms with van der Waals surface area (Å²) in [5, 5.41) is 15.3. The molecule has 33 heavy (non-hydrogen) atoms. The monoisotopic (exact) mass is 442 g/mol. The van der Waals surface area contributed by atoms with Crippen LogP contribution in [0.25, 0.3) is 11.1 Å². The molecule has 4 rings (SSSR count). The Bertz CT molecular complexity index is 1360. The van der Waals surface area contributed by atoms with Gasteiger partial charge in [-0.1, -0.05) is 89.7 Å². The predicted molar refractivity (Wildman–Crippen MR) is 125 cm³/mol. The van der Waals surface area contributed by atoms with Crippen molar-refractivity contribution in [3.05, 3.63) is 122 Å². The number of carbonyl (C=O) groups excluding carboxylic acids is 1. The molecule has 0 atom stereocenters. The van der Waals surface area contributed by atoms with E-state index in [1.54, 1.807) is 0 Å². The van der Waals surface area contributed by atoms with Gasteiger partial charge in [0.1, 0.15) is 11.4 Å². The first kappa shape index (κ1) is 21.6. The SMILES string of the molecule is O=C(NCc1ccccc1)c1c(NCc2ccc(-c3ccccc3)cc2)[nH]c(=O)n(O)c1=O. The summed E-state index contributed by atoms with van der Waals surface area (Å²) >= 11 is 0.